The molecule has 2 aliphatic heterocycles. The van der Waals surface area contributed by atoms with E-state index in [1.54, 1.807) is 71.7 Å². The maximum atomic E-state index is 13.9. The summed E-state index contributed by atoms with van der Waals surface area (Å²) < 4.78 is 90.5. The van der Waals surface area contributed by atoms with Crippen LogP contribution in [-0.2, 0) is 56.8 Å². The van der Waals surface area contributed by atoms with Crippen LogP contribution < -0.4 is 43.2 Å². The Hall–Kier alpha value is -10.1. The molecular weight excluding hydrogens is 1180 g/mol. The normalized spacial score (nSPS) is 14.1. The minimum atomic E-state index is -5.20. The number of hydrogen-bond acceptors (Lipinski definition) is 18. The van der Waals surface area contributed by atoms with Gasteiger partial charge in [0.25, 0.3) is 43.9 Å². The number of nitrogens with zero attached hydrogens (tertiary/aromatic N) is 8. The number of aromatic nitrogens is 8. The van der Waals surface area contributed by atoms with Crippen LogP contribution in [0.4, 0.5) is 23.3 Å². The van der Waals surface area contributed by atoms with Crippen LogP contribution in [0.1, 0.15) is 119 Å². The van der Waals surface area contributed by atoms with Crippen molar-refractivity contribution < 1.29 is 64.5 Å². The number of benzene rings is 5. The van der Waals surface area contributed by atoms with E-state index in [1.165, 1.54) is 30.3 Å². The number of fused-ring (bicyclic) bond motifs is 8. The second-order valence-corrected chi connectivity index (χ2v) is 23.5. The summed E-state index contributed by atoms with van der Waals surface area (Å²) in [6.45, 7) is 8.70. The molecule has 6 heterocycles. The lowest BCUT2D eigenvalue weighted by Crippen LogP contribution is -2.35. The van der Waals surface area contributed by atoms with Gasteiger partial charge in [0.15, 0.2) is 33.2 Å². The van der Waals surface area contributed by atoms with Gasteiger partial charge in [-0.25, -0.2) is 9.97 Å². The van der Waals surface area contributed by atoms with Crippen molar-refractivity contribution in [3.05, 3.63) is 153 Å². The highest BCUT2D eigenvalue weighted by molar-refractivity contribution is 7.86. The average Bonchev–Trinajstić information content (AvgIpc) is 1.31. The van der Waals surface area contributed by atoms with Crippen molar-refractivity contribution in [3.8, 4) is 11.5 Å². The van der Waals surface area contributed by atoms with Crippen molar-refractivity contribution in [2.24, 2.45) is 5.73 Å². The molecule has 9 aromatic rings. The summed E-state index contributed by atoms with van der Waals surface area (Å²) in [5.41, 5.74) is 18.6. The van der Waals surface area contributed by atoms with Gasteiger partial charge in [-0.1, -0.05) is 6.07 Å². The molecule has 1 spiro atoms. The first-order valence-electron chi connectivity index (χ1n) is 27.4. The smallest absolute Gasteiger partial charge is 0.300 e. The predicted molar refractivity (Wildman–Crippen MR) is 317 cm³/mol. The molecule has 0 saturated heterocycles. The van der Waals surface area contributed by atoms with Crippen LogP contribution in [0.3, 0.4) is 0 Å². The number of unbranched alkanes of at least 4 members (excludes halogenated alkanes) is 1. The predicted octanol–water partition coefficient (Wildman–Crippen LogP) is 4.76. The molecule has 0 saturated carbocycles. The maximum absolute atomic E-state index is 13.9. The molecule has 31 heteroatoms. The highest BCUT2D eigenvalue weighted by atomic mass is 32.2. The van der Waals surface area contributed by atoms with E-state index in [-0.39, 0.29) is 63.9 Å². The molecule has 88 heavy (non-hydrogen) atoms. The van der Waals surface area contributed by atoms with E-state index < -0.39 is 94.3 Å². The number of rotatable bonds is 19. The third kappa shape index (κ3) is 10.7. The number of imidazole rings is 2. The van der Waals surface area contributed by atoms with E-state index in [9.17, 15) is 55.0 Å². The van der Waals surface area contributed by atoms with Crippen LogP contribution in [0, 0.1) is 13.8 Å². The number of hydrogen-bond donors (Lipinski definition) is 10. The lowest BCUT2D eigenvalue weighted by Gasteiger charge is -2.38. The monoisotopic (exact) mass is 1240 g/mol. The molecule has 13 N–H and O–H groups in total. The Bertz CT molecular complexity index is 4580. The summed E-state index contributed by atoms with van der Waals surface area (Å²) in [5, 5.41) is 31.7. The second kappa shape index (κ2) is 22.7. The number of nitrogens with two attached hydrogens (primary N) is 3. The van der Waals surface area contributed by atoms with E-state index >= 15 is 0 Å². The molecular formula is C57H57N15O14S2. The topological polar surface area (TPSA) is 430 Å². The number of nitrogens with one attached hydrogen (secondary N) is 4. The Balaban J connectivity index is 0.804. The SMILES string of the molecule is CCn1nc(C)cc1C(=O)Nc1nc2cc(C(N)=O)ccc2n1CCCCn1c(NC(=O)c2cc(C)nn2CC)nc2cc(C(=O)NCCNC(=O)c3ccc4c(c3)C(O)OC43c4ccc(N)c(S(=O)(=O)O)c4Oc4c3ccc(N)c4S(=O)(=O)O)ccc21. The molecule has 0 bridgehead atoms. The Kier molecular flexibility index (Phi) is 15.4. The first-order valence-corrected chi connectivity index (χ1v) is 30.3. The molecule has 0 fully saturated rings. The van der Waals surface area contributed by atoms with Gasteiger partial charge in [-0.3, -0.25) is 53.1 Å². The number of amides is 5. The molecule has 29 nitrogen and oxygen atoms in total. The summed E-state index contributed by atoms with van der Waals surface area (Å²) in [7, 11) is -10.4. The lowest BCUT2D eigenvalue weighted by atomic mass is 9.77. The van der Waals surface area contributed by atoms with E-state index in [2.05, 4.69) is 36.4 Å². The minimum Gasteiger partial charge on any atom is -0.453 e. The Morgan fingerprint density at radius 2 is 1.03 bits per heavy atom. The van der Waals surface area contributed by atoms with Gasteiger partial charge in [0, 0.05) is 78.2 Å². The van der Waals surface area contributed by atoms with Crippen LogP contribution in [0.25, 0.3) is 22.1 Å². The van der Waals surface area contributed by atoms with Gasteiger partial charge in [-0.05, 0) is 125 Å². The van der Waals surface area contributed by atoms with Gasteiger partial charge in [-0.15, -0.1) is 0 Å². The molecule has 5 amide bonds. The number of aliphatic hydroxyl groups is 1. The van der Waals surface area contributed by atoms with Gasteiger partial charge in [0.2, 0.25) is 17.8 Å². The molecule has 11 rings (SSSR count). The molecule has 0 radical (unpaired) electrons. The minimum absolute atomic E-state index is 0.00168. The number of anilines is 4. The van der Waals surface area contributed by atoms with Crippen LogP contribution in [0.15, 0.2) is 101 Å². The van der Waals surface area contributed by atoms with Crippen molar-refractivity contribution >= 4 is 95.1 Å². The third-order valence-electron chi connectivity index (χ3n) is 15.1. The summed E-state index contributed by atoms with van der Waals surface area (Å²) in [6, 6.07) is 21.9. The van der Waals surface area contributed by atoms with Crippen molar-refractivity contribution in [2.45, 2.75) is 88.4 Å². The fraction of sp³-hybridized carbons (Fsp3) is 0.246. The first kappa shape index (κ1) is 59.7. The quantitative estimate of drug-likeness (QED) is 0.0296. The standard InChI is InChI=1S/C57H57N15O14S2/c1-5-71-43(23-28(3)67-71)52(76)65-55-63-39-26-30(49(60)73)10-17-41(39)69(55)21-7-8-22-70-42-18-11-32(27-40(42)64-56(70)66-53(77)44-24-29(4)68-72(44)6-2)51(75)62-20-19-61-50(74)31-9-12-34-33(25-31)54(78)86-57(34)35-13-15-37(58)47(87(79,80)81)45(35)85-46-36(57)14-16-38(59)48(46)88(82,83)84/h9-18,23-27,54,78H,5-8,19-22,58-59H2,1-4H3,(H2,60,73)(H,61,74)(H,62,75)(H,63,65,76)(H,64,66,77)(H,79,80,81)(H,82,83,84). The van der Waals surface area contributed by atoms with Crippen LogP contribution >= 0.6 is 0 Å². The van der Waals surface area contributed by atoms with Gasteiger partial charge < -0.3 is 51.5 Å². The first-order chi connectivity index (χ1) is 41.8. The third-order valence-corrected chi connectivity index (χ3v) is 17.0. The Labute approximate surface area is 500 Å². The van der Waals surface area contributed by atoms with Crippen molar-refractivity contribution in [1.82, 2.24) is 49.3 Å². The number of nitrogen functional groups attached to an aromatic ring is 2. The van der Waals surface area contributed by atoms with E-state index in [1.807, 2.05) is 23.0 Å². The van der Waals surface area contributed by atoms with Gasteiger partial charge in [0.05, 0.1) is 44.8 Å². The second-order valence-electron chi connectivity index (χ2n) is 20.8. The summed E-state index contributed by atoms with van der Waals surface area (Å²) in [6.07, 6.45) is -0.830. The van der Waals surface area contributed by atoms with Crippen molar-refractivity contribution in [1.29, 1.82) is 0 Å². The zero-order valence-corrected chi connectivity index (χ0v) is 49.0. The number of carbonyl (C=O) groups is 5. The molecule has 0 aliphatic carbocycles. The van der Waals surface area contributed by atoms with E-state index in [4.69, 9.17) is 31.7 Å². The van der Waals surface area contributed by atoms with Gasteiger partial charge >= 0.3 is 0 Å². The lowest BCUT2D eigenvalue weighted by molar-refractivity contribution is -0.142. The fourth-order valence-corrected chi connectivity index (χ4v) is 12.7. The zero-order valence-electron chi connectivity index (χ0n) is 47.4. The van der Waals surface area contributed by atoms with Crippen molar-refractivity contribution in [2.75, 3.05) is 35.2 Å². The van der Waals surface area contributed by atoms with Crippen molar-refractivity contribution in [3.63, 3.8) is 0 Å². The largest absolute Gasteiger partial charge is 0.453 e. The van der Waals surface area contributed by atoms with Gasteiger partial charge in [-0.2, -0.15) is 27.0 Å². The summed E-state index contributed by atoms with van der Waals surface area (Å²) in [5.74, 6) is -3.65. The number of ether oxygens (including phenoxy) is 2. The fourth-order valence-electron chi connectivity index (χ4n) is 11.2. The number of aryl methyl sites for hydroxylation is 6. The van der Waals surface area contributed by atoms with E-state index in [0.29, 0.717) is 83.9 Å². The number of primary amides is 1. The maximum Gasteiger partial charge on any atom is 0.300 e. The molecule has 2 aliphatic rings. The Morgan fingerprint density at radius 1 is 0.602 bits per heavy atom. The number of aliphatic hydroxyl groups excluding tert-OH is 1. The summed E-state index contributed by atoms with van der Waals surface area (Å²) in [4.78, 5) is 74.6. The molecule has 5 aromatic carbocycles. The molecule has 456 valence electrons. The van der Waals surface area contributed by atoms with Crippen LogP contribution in [0.5, 0.6) is 11.5 Å². The summed E-state index contributed by atoms with van der Waals surface area (Å²) >= 11 is 0. The Morgan fingerprint density at radius 3 is 1.49 bits per heavy atom. The number of carbonyl (C=O) groups excluding carboxylic acids is 5. The highest BCUT2D eigenvalue weighted by Gasteiger charge is 2.55. The van der Waals surface area contributed by atoms with Gasteiger partial charge in [0.1, 0.15) is 11.4 Å². The van der Waals surface area contributed by atoms with Crippen LogP contribution in [-0.4, -0.2) is 112 Å². The molecule has 1 atom stereocenters. The molecule has 1 unspecified atom stereocenters. The molecule has 4 aromatic heterocycles. The highest BCUT2D eigenvalue weighted by Crippen LogP contribution is 2.61. The zero-order chi connectivity index (χ0) is 62.9. The van der Waals surface area contributed by atoms with Crippen LogP contribution in [0.2, 0.25) is 0 Å². The average molecular weight is 1240 g/mol. The van der Waals surface area contributed by atoms with E-state index in [0.717, 1.165) is 12.1 Å².